The van der Waals surface area contributed by atoms with Crippen LogP contribution in [0.4, 0.5) is 0 Å². The molecule has 0 amide bonds. The Kier molecular flexibility index (Phi) is 3.21. The summed E-state index contributed by atoms with van der Waals surface area (Å²) in [5, 5.41) is 36.5. The molecule has 1 rings (SSSR count). The van der Waals surface area contributed by atoms with Crippen LogP contribution in [0.1, 0.15) is 6.42 Å². The largest absolute Gasteiger partial charge is 0.464 e. The number of rotatable bonds is 0. The highest BCUT2D eigenvalue weighted by atomic mass is 16.6. The van der Waals surface area contributed by atoms with E-state index in [1.54, 1.807) is 0 Å². The molecule has 13 heavy (non-hydrogen) atoms. The normalized spacial score (nSPS) is 42.0. The van der Waals surface area contributed by atoms with Gasteiger partial charge in [-0.2, -0.15) is 0 Å². The van der Waals surface area contributed by atoms with E-state index in [0.29, 0.717) is 0 Å². The monoisotopic (exact) mass is 192 g/mol. The predicted octanol–water partition coefficient (Wildman–Crippen LogP) is -2.62. The molecule has 1 fully saturated rings. The number of aliphatic hydroxyl groups excluding tert-OH is 4. The lowest BCUT2D eigenvalue weighted by Crippen LogP contribution is -2.50. The van der Waals surface area contributed by atoms with E-state index in [2.05, 4.69) is 4.74 Å². The molecule has 4 unspecified atom stereocenters. The highest BCUT2D eigenvalue weighted by molar-refractivity contribution is 5.75. The molecule has 76 valence electrons. The Morgan fingerprint density at radius 3 is 2.38 bits per heavy atom. The summed E-state index contributed by atoms with van der Waals surface area (Å²) in [6.45, 7) is -0.0825. The number of ether oxygens (including phenoxy) is 1. The van der Waals surface area contributed by atoms with Crippen LogP contribution in [0.25, 0.3) is 0 Å². The fourth-order valence-corrected chi connectivity index (χ4v) is 1.09. The molecule has 0 bridgehead atoms. The highest BCUT2D eigenvalue weighted by Gasteiger charge is 2.37. The fraction of sp³-hybridized carbons (Fsp3) is 0.857. The van der Waals surface area contributed by atoms with Crippen LogP contribution in [-0.2, 0) is 9.53 Å². The standard InChI is InChI=1S/C7H12O6/c8-3-1-2-13-7(12)6(11)5(10)4(3)9/h3-6,8-11H,1-2H2. The minimum absolute atomic E-state index is 0.0384. The van der Waals surface area contributed by atoms with Gasteiger partial charge in [0, 0.05) is 6.42 Å². The maximum Gasteiger partial charge on any atom is 0.337 e. The molecule has 1 aliphatic heterocycles. The number of hydrogen-bond acceptors (Lipinski definition) is 6. The molecule has 1 aliphatic rings. The zero-order chi connectivity index (χ0) is 10.0. The lowest BCUT2D eigenvalue weighted by atomic mass is 10.00. The van der Waals surface area contributed by atoms with E-state index in [0.717, 1.165) is 0 Å². The number of esters is 1. The van der Waals surface area contributed by atoms with Crippen LogP contribution in [0.15, 0.2) is 0 Å². The Morgan fingerprint density at radius 2 is 1.77 bits per heavy atom. The van der Waals surface area contributed by atoms with E-state index >= 15 is 0 Å². The molecule has 0 aromatic carbocycles. The van der Waals surface area contributed by atoms with E-state index in [1.165, 1.54) is 0 Å². The maximum absolute atomic E-state index is 10.8. The molecule has 4 N–H and O–H groups in total. The van der Waals surface area contributed by atoms with E-state index in [4.69, 9.17) is 15.3 Å². The molecule has 0 saturated carbocycles. The fourth-order valence-electron chi connectivity index (χ4n) is 1.09. The van der Waals surface area contributed by atoms with Crippen LogP contribution in [-0.4, -0.2) is 57.4 Å². The third kappa shape index (κ3) is 2.16. The van der Waals surface area contributed by atoms with Gasteiger partial charge < -0.3 is 25.2 Å². The summed E-state index contributed by atoms with van der Waals surface area (Å²) in [4.78, 5) is 10.8. The molecular formula is C7H12O6. The second kappa shape index (κ2) is 4.01. The van der Waals surface area contributed by atoms with E-state index < -0.39 is 30.4 Å². The van der Waals surface area contributed by atoms with Crippen molar-refractivity contribution in [2.75, 3.05) is 6.61 Å². The second-order valence-electron chi connectivity index (χ2n) is 2.95. The Labute approximate surface area is 74.4 Å². The Morgan fingerprint density at radius 1 is 1.15 bits per heavy atom. The number of hydrogen-bond donors (Lipinski definition) is 4. The Bertz CT molecular complexity index is 193. The summed E-state index contributed by atoms with van der Waals surface area (Å²) >= 11 is 0. The molecular weight excluding hydrogens is 180 g/mol. The lowest BCUT2D eigenvalue weighted by molar-refractivity contribution is -0.177. The van der Waals surface area contributed by atoms with Crippen LogP contribution >= 0.6 is 0 Å². The summed E-state index contributed by atoms with van der Waals surface area (Å²) in [5.74, 6) is -0.988. The number of carbonyl (C=O) groups excluding carboxylic acids is 1. The second-order valence-corrected chi connectivity index (χ2v) is 2.95. The summed E-state index contributed by atoms with van der Waals surface area (Å²) < 4.78 is 4.46. The van der Waals surface area contributed by atoms with Gasteiger partial charge in [0.25, 0.3) is 0 Å². The summed E-state index contributed by atoms with van der Waals surface area (Å²) in [6, 6.07) is 0. The Hall–Kier alpha value is -0.690. The summed E-state index contributed by atoms with van der Waals surface area (Å²) in [5.41, 5.74) is 0. The van der Waals surface area contributed by atoms with Crippen molar-refractivity contribution in [3.8, 4) is 0 Å². The molecule has 6 heteroatoms. The van der Waals surface area contributed by atoms with Crippen molar-refractivity contribution in [2.45, 2.75) is 30.8 Å². The third-order valence-corrected chi connectivity index (χ3v) is 1.97. The van der Waals surface area contributed by atoms with Gasteiger partial charge in [0.15, 0.2) is 6.10 Å². The van der Waals surface area contributed by atoms with Crippen LogP contribution in [0.3, 0.4) is 0 Å². The molecule has 6 nitrogen and oxygen atoms in total. The average molecular weight is 192 g/mol. The van der Waals surface area contributed by atoms with Gasteiger partial charge in [-0.3, -0.25) is 0 Å². The summed E-state index contributed by atoms with van der Waals surface area (Å²) in [6.07, 6.45) is -6.19. The molecule has 0 aliphatic carbocycles. The van der Waals surface area contributed by atoms with Crippen molar-refractivity contribution in [1.29, 1.82) is 0 Å². The minimum Gasteiger partial charge on any atom is -0.464 e. The van der Waals surface area contributed by atoms with Gasteiger partial charge in [-0.05, 0) is 0 Å². The molecule has 0 spiro atoms. The average Bonchev–Trinajstić information content (AvgIpc) is 2.12. The predicted molar refractivity (Wildman–Crippen MR) is 39.6 cm³/mol. The van der Waals surface area contributed by atoms with Gasteiger partial charge in [0.05, 0.1) is 12.7 Å². The molecule has 1 heterocycles. The zero-order valence-electron chi connectivity index (χ0n) is 6.83. The zero-order valence-corrected chi connectivity index (χ0v) is 6.83. The van der Waals surface area contributed by atoms with Gasteiger partial charge >= 0.3 is 5.97 Å². The van der Waals surface area contributed by atoms with Gasteiger partial charge in [-0.15, -0.1) is 0 Å². The van der Waals surface area contributed by atoms with E-state index in [-0.39, 0.29) is 13.0 Å². The molecule has 4 atom stereocenters. The van der Waals surface area contributed by atoms with E-state index in [9.17, 15) is 9.90 Å². The quantitative estimate of drug-likeness (QED) is 0.313. The van der Waals surface area contributed by atoms with E-state index in [1.807, 2.05) is 0 Å². The summed E-state index contributed by atoms with van der Waals surface area (Å²) in [7, 11) is 0. The smallest absolute Gasteiger partial charge is 0.337 e. The van der Waals surface area contributed by atoms with Crippen molar-refractivity contribution in [1.82, 2.24) is 0 Å². The van der Waals surface area contributed by atoms with Crippen molar-refractivity contribution in [3.63, 3.8) is 0 Å². The number of cyclic esters (lactones) is 1. The SMILES string of the molecule is O=C1OCCC(O)C(O)C(O)C1O. The minimum atomic E-state index is -1.80. The van der Waals surface area contributed by atoms with Crippen LogP contribution in [0, 0.1) is 0 Å². The third-order valence-electron chi connectivity index (χ3n) is 1.97. The maximum atomic E-state index is 10.8. The van der Waals surface area contributed by atoms with Crippen molar-refractivity contribution in [3.05, 3.63) is 0 Å². The molecule has 0 aromatic rings. The first-order valence-electron chi connectivity index (χ1n) is 3.93. The molecule has 0 radical (unpaired) electrons. The van der Waals surface area contributed by atoms with Gasteiger partial charge in [-0.1, -0.05) is 0 Å². The topological polar surface area (TPSA) is 107 Å². The highest BCUT2D eigenvalue weighted by Crippen LogP contribution is 2.12. The van der Waals surface area contributed by atoms with Gasteiger partial charge in [-0.25, -0.2) is 4.79 Å². The first-order valence-corrected chi connectivity index (χ1v) is 3.93. The number of aliphatic hydroxyl groups is 4. The van der Waals surface area contributed by atoms with Crippen molar-refractivity contribution < 1.29 is 30.0 Å². The van der Waals surface area contributed by atoms with Crippen molar-refractivity contribution >= 4 is 5.97 Å². The van der Waals surface area contributed by atoms with Crippen LogP contribution in [0.2, 0.25) is 0 Å². The lowest BCUT2D eigenvalue weighted by Gasteiger charge is -2.28. The molecule has 0 aromatic heterocycles. The molecule has 1 saturated heterocycles. The first-order chi connectivity index (χ1) is 6.04. The van der Waals surface area contributed by atoms with Gasteiger partial charge in [0.2, 0.25) is 0 Å². The van der Waals surface area contributed by atoms with Gasteiger partial charge in [0.1, 0.15) is 12.2 Å². The Balaban J connectivity index is 2.70. The number of carbonyl (C=O) groups is 1. The van der Waals surface area contributed by atoms with Crippen LogP contribution < -0.4 is 0 Å². The van der Waals surface area contributed by atoms with Crippen LogP contribution in [0.5, 0.6) is 0 Å². The van der Waals surface area contributed by atoms with Crippen molar-refractivity contribution in [2.24, 2.45) is 0 Å². The first kappa shape index (κ1) is 10.4.